The van der Waals surface area contributed by atoms with Gasteiger partial charge in [-0.25, -0.2) is 4.98 Å². The number of halogens is 1. The van der Waals surface area contributed by atoms with Gasteiger partial charge in [0.05, 0.1) is 13.3 Å². The minimum Gasteiger partial charge on any atom is -0.467 e. The summed E-state index contributed by atoms with van der Waals surface area (Å²) < 4.78 is 5.01. The van der Waals surface area contributed by atoms with E-state index < -0.39 is 0 Å². The minimum absolute atomic E-state index is 0.347. The van der Waals surface area contributed by atoms with Gasteiger partial charge in [-0.05, 0) is 25.0 Å². The highest BCUT2D eigenvalue weighted by Gasteiger charge is 2.25. The predicted molar refractivity (Wildman–Crippen MR) is 76.8 cm³/mol. The van der Waals surface area contributed by atoms with Crippen molar-refractivity contribution in [3.8, 4) is 6.01 Å². The number of thioether (sulfide) groups is 1. The van der Waals surface area contributed by atoms with E-state index in [1.165, 1.54) is 25.0 Å². The number of hydrogen-bond acceptors (Lipinski definition) is 5. The third kappa shape index (κ3) is 3.42. The summed E-state index contributed by atoms with van der Waals surface area (Å²) in [5.74, 6) is 1.86. The first kappa shape index (κ1) is 13.7. The molecule has 0 saturated heterocycles. The molecule has 0 amide bonds. The fourth-order valence-electron chi connectivity index (χ4n) is 2.20. The molecule has 0 spiro atoms. The van der Waals surface area contributed by atoms with Crippen LogP contribution in [-0.4, -0.2) is 34.1 Å². The lowest BCUT2D eigenvalue weighted by Crippen LogP contribution is -2.17. The molecule has 2 rings (SSSR count). The average Bonchev–Trinajstić information content (AvgIpc) is 2.80. The van der Waals surface area contributed by atoms with Crippen molar-refractivity contribution in [2.24, 2.45) is 0 Å². The van der Waals surface area contributed by atoms with E-state index in [4.69, 9.17) is 16.3 Å². The maximum Gasteiger partial charge on any atom is 0.318 e. The van der Waals surface area contributed by atoms with Crippen molar-refractivity contribution in [2.45, 2.75) is 37.5 Å². The largest absolute Gasteiger partial charge is 0.467 e. The van der Waals surface area contributed by atoms with Gasteiger partial charge in [0.15, 0.2) is 5.82 Å². The van der Waals surface area contributed by atoms with Crippen molar-refractivity contribution < 1.29 is 4.74 Å². The van der Waals surface area contributed by atoms with Gasteiger partial charge >= 0.3 is 6.01 Å². The van der Waals surface area contributed by atoms with Gasteiger partial charge in [-0.3, -0.25) is 0 Å². The molecule has 4 nitrogen and oxygen atoms in total. The first-order valence-corrected chi connectivity index (χ1v) is 7.60. The van der Waals surface area contributed by atoms with Gasteiger partial charge in [0, 0.05) is 11.3 Å². The van der Waals surface area contributed by atoms with Gasteiger partial charge < -0.3 is 10.1 Å². The first-order valence-electron chi connectivity index (χ1n) is 6.17. The van der Waals surface area contributed by atoms with Crippen molar-refractivity contribution in [3.05, 3.63) is 11.2 Å². The molecule has 1 aromatic heterocycles. The summed E-state index contributed by atoms with van der Waals surface area (Å²) in [5.41, 5.74) is 0. The van der Waals surface area contributed by atoms with E-state index in [-0.39, 0.29) is 0 Å². The summed E-state index contributed by atoms with van der Waals surface area (Å²) in [5, 5.41) is 4.70. The van der Waals surface area contributed by atoms with Crippen LogP contribution in [0, 0.1) is 0 Å². The number of ether oxygens (including phenoxy) is 1. The summed E-state index contributed by atoms with van der Waals surface area (Å²) in [6.07, 6.45) is 5.17. The number of nitrogens with one attached hydrogen (secondary N) is 1. The Hall–Kier alpha value is -0.680. The zero-order chi connectivity index (χ0) is 13.0. The number of hydrogen-bond donors (Lipinski definition) is 1. The molecule has 0 aliphatic heterocycles. The number of rotatable bonds is 5. The fraction of sp³-hybridized carbons (Fsp3) is 0.667. The van der Waals surface area contributed by atoms with Gasteiger partial charge in [-0.1, -0.05) is 18.5 Å². The van der Waals surface area contributed by atoms with Crippen molar-refractivity contribution in [3.63, 3.8) is 0 Å². The topological polar surface area (TPSA) is 47.0 Å². The molecule has 1 aromatic rings. The molecule has 6 heteroatoms. The molecule has 0 bridgehead atoms. The fourth-order valence-corrected chi connectivity index (χ4v) is 3.49. The number of anilines is 1. The van der Waals surface area contributed by atoms with Gasteiger partial charge in [0.1, 0.15) is 5.02 Å². The molecular formula is C12H18ClN3OS. The lowest BCUT2D eigenvalue weighted by atomic mass is 10.2. The molecule has 18 heavy (non-hydrogen) atoms. The third-order valence-corrected chi connectivity index (χ3v) is 4.54. The SMILES string of the molecule is CCSC1CCC(Nc2nc(OC)ncc2Cl)C1. The molecule has 1 heterocycles. The van der Waals surface area contributed by atoms with E-state index in [2.05, 4.69) is 22.2 Å². The Balaban J connectivity index is 1.97. The van der Waals surface area contributed by atoms with Crippen LogP contribution in [-0.2, 0) is 0 Å². The summed E-state index contributed by atoms with van der Waals surface area (Å²) in [4.78, 5) is 8.21. The van der Waals surface area contributed by atoms with Crippen molar-refractivity contribution in [2.75, 3.05) is 18.2 Å². The zero-order valence-corrected chi connectivity index (χ0v) is 12.2. The molecule has 1 aliphatic rings. The molecule has 2 unspecified atom stereocenters. The van der Waals surface area contributed by atoms with E-state index in [0.29, 0.717) is 22.9 Å². The molecule has 0 aromatic carbocycles. The Morgan fingerprint density at radius 2 is 2.39 bits per heavy atom. The second kappa shape index (κ2) is 6.48. The molecular weight excluding hydrogens is 270 g/mol. The number of aromatic nitrogens is 2. The first-order chi connectivity index (χ1) is 8.72. The zero-order valence-electron chi connectivity index (χ0n) is 10.6. The highest BCUT2D eigenvalue weighted by molar-refractivity contribution is 7.99. The van der Waals surface area contributed by atoms with Crippen molar-refractivity contribution >= 4 is 29.2 Å². The number of methoxy groups -OCH3 is 1. The molecule has 2 atom stereocenters. The summed E-state index contributed by atoms with van der Waals surface area (Å²) in [6.45, 7) is 2.21. The molecule has 1 aliphatic carbocycles. The van der Waals surface area contributed by atoms with Crippen LogP contribution >= 0.6 is 23.4 Å². The van der Waals surface area contributed by atoms with Crippen LogP contribution in [0.25, 0.3) is 0 Å². The van der Waals surface area contributed by atoms with Crippen LogP contribution in [0.15, 0.2) is 6.20 Å². The standard InChI is InChI=1S/C12H18ClN3OS/c1-3-18-9-5-4-8(6-9)15-11-10(13)7-14-12(16-11)17-2/h7-9H,3-6H2,1-2H3,(H,14,15,16). The Morgan fingerprint density at radius 3 is 3.11 bits per heavy atom. The lowest BCUT2D eigenvalue weighted by molar-refractivity contribution is 0.380. The third-order valence-electron chi connectivity index (χ3n) is 3.03. The molecule has 100 valence electrons. The van der Waals surface area contributed by atoms with Gasteiger partial charge in [-0.15, -0.1) is 0 Å². The van der Waals surface area contributed by atoms with Gasteiger partial charge in [0.25, 0.3) is 0 Å². The second-order valence-corrected chi connectivity index (χ2v) is 6.27. The maximum atomic E-state index is 6.08. The summed E-state index contributed by atoms with van der Waals surface area (Å²) >= 11 is 8.12. The Morgan fingerprint density at radius 1 is 1.56 bits per heavy atom. The van der Waals surface area contributed by atoms with Gasteiger partial charge in [-0.2, -0.15) is 16.7 Å². The Labute approximate surface area is 117 Å². The monoisotopic (exact) mass is 287 g/mol. The lowest BCUT2D eigenvalue weighted by Gasteiger charge is -2.14. The molecule has 1 fully saturated rings. The van der Waals surface area contributed by atoms with E-state index >= 15 is 0 Å². The Bertz CT molecular complexity index is 405. The van der Waals surface area contributed by atoms with E-state index in [1.807, 2.05) is 11.8 Å². The summed E-state index contributed by atoms with van der Waals surface area (Å²) in [6, 6.07) is 0.797. The van der Waals surface area contributed by atoms with Crippen molar-refractivity contribution in [1.82, 2.24) is 9.97 Å². The molecule has 0 radical (unpaired) electrons. The average molecular weight is 288 g/mol. The quantitative estimate of drug-likeness (QED) is 0.901. The molecule has 1 saturated carbocycles. The predicted octanol–water partition coefficient (Wildman–Crippen LogP) is 3.22. The van der Waals surface area contributed by atoms with E-state index in [9.17, 15) is 0 Å². The normalized spacial score (nSPS) is 23.1. The van der Waals surface area contributed by atoms with Crippen LogP contribution in [0.3, 0.4) is 0 Å². The molecule has 1 N–H and O–H groups in total. The van der Waals surface area contributed by atoms with Crippen LogP contribution in [0.2, 0.25) is 5.02 Å². The maximum absolute atomic E-state index is 6.08. The van der Waals surface area contributed by atoms with Crippen LogP contribution in [0.5, 0.6) is 6.01 Å². The second-order valence-electron chi connectivity index (χ2n) is 4.28. The van der Waals surface area contributed by atoms with E-state index in [1.54, 1.807) is 13.3 Å². The highest BCUT2D eigenvalue weighted by atomic mass is 35.5. The van der Waals surface area contributed by atoms with E-state index in [0.717, 1.165) is 5.25 Å². The smallest absolute Gasteiger partial charge is 0.318 e. The highest BCUT2D eigenvalue weighted by Crippen LogP contribution is 2.32. The van der Waals surface area contributed by atoms with Gasteiger partial charge in [0.2, 0.25) is 0 Å². The van der Waals surface area contributed by atoms with Crippen molar-refractivity contribution in [1.29, 1.82) is 0 Å². The van der Waals surface area contributed by atoms with Crippen LogP contribution < -0.4 is 10.1 Å². The Kier molecular flexibility index (Phi) is 4.95. The number of nitrogens with zero attached hydrogens (tertiary/aromatic N) is 2. The van der Waals surface area contributed by atoms with Crippen LogP contribution in [0.4, 0.5) is 5.82 Å². The van der Waals surface area contributed by atoms with Crippen LogP contribution in [0.1, 0.15) is 26.2 Å². The summed E-state index contributed by atoms with van der Waals surface area (Å²) in [7, 11) is 1.55. The minimum atomic E-state index is 0.347.